The Hall–Kier alpha value is -5.16. The standard InChI is InChI=1S/C28H18N6O2/c1-29-19-11-12-23-22(16-19)21(13-14-30-23)27-33-34-28(36-27)32-26-24(35)15-18-9-5-6-10-20(18)25(31-26)17-7-3-2-4-8-17/h2-14,16,26H,15H2,(H,32,34)/t26-/m1/s1. The Balaban J connectivity index is 1.37. The van der Waals surface area contributed by atoms with E-state index in [9.17, 15) is 4.79 Å². The number of nitrogens with zero attached hydrogens (tertiary/aromatic N) is 5. The highest BCUT2D eigenvalue weighted by atomic mass is 16.4. The van der Waals surface area contributed by atoms with Gasteiger partial charge in [-0.2, -0.15) is 0 Å². The van der Waals surface area contributed by atoms with E-state index in [0.717, 1.165) is 27.8 Å². The number of fused-ring (bicyclic) bond motifs is 2. The van der Waals surface area contributed by atoms with Crippen LogP contribution in [0, 0.1) is 6.57 Å². The first-order valence-corrected chi connectivity index (χ1v) is 11.3. The van der Waals surface area contributed by atoms with Crippen LogP contribution in [0.3, 0.4) is 0 Å². The maximum Gasteiger partial charge on any atom is 0.317 e. The molecular formula is C28H18N6O2. The molecule has 0 amide bonds. The molecule has 5 aromatic rings. The largest absolute Gasteiger partial charge is 0.403 e. The molecule has 1 N–H and O–H groups in total. The van der Waals surface area contributed by atoms with E-state index in [1.807, 2.05) is 54.6 Å². The van der Waals surface area contributed by atoms with Crippen molar-refractivity contribution in [1.29, 1.82) is 0 Å². The molecular weight excluding hydrogens is 452 g/mol. The van der Waals surface area contributed by atoms with Gasteiger partial charge in [0.2, 0.25) is 5.89 Å². The van der Waals surface area contributed by atoms with E-state index in [1.54, 1.807) is 30.5 Å². The number of ketones is 1. The lowest BCUT2D eigenvalue weighted by molar-refractivity contribution is -0.119. The third kappa shape index (κ3) is 3.89. The van der Waals surface area contributed by atoms with E-state index in [-0.39, 0.29) is 24.1 Å². The van der Waals surface area contributed by atoms with Crippen molar-refractivity contribution in [2.75, 3.05) is 5.32 Å². The van der Waals surface area contributed by atoms with Gasteiger partial charge in [0.1, 0.15) is 0 Å². The Bertz CT molecular complexity index is 1680. The van der Waals surface area contributed by atoms with Crippen LogP contribution in [0.2, 0.25) is 0 Å². The molecule has 36 heavy (non-hydrogen) atoms. The molecule has 0 aliphatic carbocycles. The molecule has 0 bridgehead atoms. The second-order valence-corrected chi connectivity index (χ2v) is 8.27. The van der Waals surface area contributed by atoms with Gasteiger partial charge < -0.3 is 9.73 Å². The number of hydrogen-bond acceptors (Lipinski definition) is 7. The van der Waals surface area contributed by atoms with Crippen LogP contribution in [-0.2, 0) is 11.2 Å². The van der Waals surface area contributed by atoms with Crippen LogP contribution in [0.15, 0.2) is 94.5 Å². The summed E-state index contributed by atoms with van der Waals surface area (Å²) in [7, 11) is 0. The average Bonchev–Trinajstić information content (AvgIpc) is 3.34. The number of nitrogens with one attached hydrogen (secondary N) is 1. The van der Waals surface area contributed by atoms with Crippen molar-refractivity contribution >= 4 is 34.1 Å². The van der Waals surface area contributed by atoms with Crippen LogP contribution in [0.25, 0.3) is 27.2 Å². The highest BCUT2D eigenvalue weighted by Gasteiger charge is 2.27. The molecule has 172 valence electrons. The summed E-state index contributed by atoms with van der Waals surface area (Å²) in [6, 6.07) is 24.6. The predicted molar refractivity (Wildman–Crippen MR) is 136 cm³/mol. The van der Waals surface area contributed by atoms with E-state index < -0.39 is 6.17 Å². The fourth-order valence-corrected chi connectivity index (χ4v) is 4.30. The first kappa shape index (κ1) is 21.4. The zero-order valence-corrected chi connectivity index (χ0v) is 18.9. The third-order valence-electron chi connectivity index (χ3n) is 6.02. The minimum atomic E-state index is -0.899. The molecule has 3 aromatic carbocycles. The molecule has 8 heteroatoms. The predicted octanol–water partition coefficient (Wildman–Crippen LogP) is 5.24. The van der Waals surface area contributed by atoms with Crippen LogP contribution >= 0.6 is 0 Å². The Morgan fingerprint density at radius 3 is 2.64 bits per heavy atom. The summed E-state index contributed by atoms with van der Waals surface area (Å²) in [5.41, 5.74) is 5.32. The van der Waals surface area contributed by atoms with E-state index in [4.69, 9.17) is 16.0 Å². The minimum absolute atomic E-state index is 0.0803. The Morgan fingerprint density at radius 2 is 1.78 bits per heavy atom. The van der Waals surface area contributed by atoms with Gasteiger partial charge >= 0.3 is 6.01 Å². The molecule has 0 fully saturated rings. The highest BCUT2D eigenvalue weighted by Crippen LogP contribution is 2.31. The van der Waals surface area contributed by atoms with Gasteiger partial charge in [0.05, 0.1) is 17.8 Å². The summed E-state index contributed by atoms with van der Waals surface area (Å²) in [4.78, 5) is 25.8. The van der Waals surface area contributed by atoms with E-state index >= 15 is 0 Å². The van der Waals surface area contributed by atoms with Crippen LogP contribution < -0.4 is 5.32 Å². The number of carbonyl (C=O) groups excluding carboxylic acids is 1. The molecule has 2 aromatic heterocycles. The van der Waals surface area contributed by atoms with Gasteiger partial charge in [-0.1, -0.05) is 65.8 Å². The van der Waals surface area contributed by atoms with Crippen molar-refractivity contribution < 1.29 is 9.21 Å². The molecule has 0 saturated heterocycles. The Kier molecular flexibility index (Phi) is 5.28. The third-order valence-corrected chi connectivity index (χ3v) is 6.02. The minimum Gasteiger partial charge on any atom is -0.403 e. The van der Waals surface area contributed by atoms with Crippen molar-refractivity contribution in [3.63, 3.8) is 0 Å². The lowest BCUT2D eigenvalue weighted by atomic mass is 9.96. The number of benzene rings is 3. The smallest absolute Gasteiger partial charge is 0.317 e. The zero-order valence-electron chi connectivity index (χ0n) is 18.9. The normalized spacial score (nSPS) is 15.0. The lowest BCUT2D eigenvalue weighted by Crippen LogP contribution is -2.29. The number of hydrogen-bond donors (Lipinski definition) is 1. The van der Waals surface area contributed by atoms with E-state index in [1.165, 1.54) is 0 Å². The Morgan fingerprint density at radius 1 is 0.944 bits per heavy atom. The zero-order chi connectivity index (χ0) is 24.5. The maximum absolute atomic E-state index is 13.2. The van der Waals surface area contributed by atoms with Crippen molar-refractivity contribution in [2.24, 2.45) is 4.99 Å². The molecule has 0 spiro atoms. The molecule has 0 radical (unpaired) electrons. The first-order valence-electron chi connectivity index (χ1n) is 11.3. The van der Waals surface area contributed by atoms with Crippen LogP contribution in [0.5, 0.6) is 0 Å². The van der Waals surface area contributed by atoms with Gasteiger partial charge in [-0.25, -0.2) is 4.85 Å². The SMILES string of the molecule is [C-]#[N+]c1ccc2nccc(-c3nnc(N[C@H]4N=C(c5ccccc5)c5ccccc5CC4=O)o3)c2c1. The maximum atomic E-state index is 13.2. The van der Waals surface area contributed by atoms with Crippen LogP contribution in [0.4, 0.5) is 11.7 Å². The highest BCUT2D eigenvalue weighted by molar-refractivity contribution is 6.16. The number of anilines is 1. The number of carbonyl (C=O) groups is 1. The molecule has 8 nitrogen and oxygen atoms in total. The second kappa shape index (κ2) is 8.89. The second-order valence-electron chi connectivity index (χ2n) is 8.27. The fourth-order valence-electron chi connectivity index (χ4n) is 4.30. The Labute approximate surface area is 206 Å². The van der Waals surface area contributed by atoms with Crippen molar-refractivity contribution in [1.82, 2.24) is 15.2 Å². The van der Waals surface area contributed by atoms with Gasteiger partial charge in [-0.15, -0.1) is 5.10 Å². The summed E-state index contributed by atoms with van der Waals surface area (Å²) in [5, 5.41) is 12.0. The molecule has 1 aliphatic heterocycles. The van der Waals surface area contributed by atoms with Gasteiger partial charge in [-0.05, 0) is 23.8 Å². The number of Topliss-reactive ketones (excluding diaryl/α,β-unsaturated/α-hetero) is 1. The lowest BCUT2D eigenvalue weighted by Gasteiger charge is -2.11. The quantitative estimate of drug-likeness (QED) is 0.361. The van der Waals surface area contributed by atoms with Gasteiger partial charge in [0.15, 0.2) is 17.6 Å². The number of aromatic nitrogens is 3. The summed E-state index contributed by atoms with van der Waals surface area (Å²) in [6.07, 6.45) is 0.974. The molecule has 3 heterocycles. The van der Waals surface area contributed by atoms with Gasteiger partial charge in [-0.3, -0.25) is 14.8 Å². The molecule has 0 saturated carbocycles. The molecule has 0 unspecified atom stereocenters. The van der Waals surface area contributed by atoms with Crippen LogP contribution in [0.1, 0.15) is 16.7 Å². The number of pyridine rings is 1. The van der Waals surface area contributed by atoms with Crippen LogP contribution in [-0.4, -0.2) is 32.8 Å². The van der Waals surface area contributed by atoms with Crippen molar-refractivity contribution in [3.05, 3.63) is 113 Å². The molecule has 6 rings (SSSR count). The average molecular weight is 470 g/mol. The summed E-state index contributed by atoms with van der Waals surface area (Å²) in [5.74, 6) is 0.146. The van der Waals surface area contributed by atoms with Crippen molar-refractivity contribution in [2.45, 2.75) is 12.6 Å². The van der Waals surface area contributed by atoms with Gasteiger partial charge in [0, 0.05) is 34.7 Å². The molecule has 1 atom stereocenters. The number of aliphatic imine (C=N–C) groups is 1. The number of rotatable bonds is 4. The van der Waals surface area contributed by atoms with Gasteiger partial charge in [0.25, 0.3) is 0 Å². The van der Waals surface area contributed by atoms with E-state index in [2.05, 4.69) is 25.3 Å². The summed E-state index contributed by atoms with van der Waals surface area (Å²) in [6.45, 7) is 7.30. The fraction of sp³-hybridized carbons (Fsp3) is 0.0714. The monoisotopic (exact) mass is 470 g/mol. The summed E-state index contributed by atoms with van der Waals surface area (Å²) < 4.78 is 5.90. The first-order chi connectivity index (χ1) is 17.7. The topological polar surface area (TPSA) is 97.6 Å². The van der Waals surface area contributed by atoms with Crippen molar-refractivity contribution in [3.8, 4) is 11.5 Å². The summed E-state index contributed by atoms with van der Waals surface area (Å²) >= 11 is 0. The molecule has 1 aliphatic rings. The van der Waals surface area contributed by atoms with E-state index in [0.29, 0.717) is 16.8 Å².